The van der Waals surface area contributed by atoms with Gasteiger partial charge in [-0.3, -0.25) is 4.79 Å². The van der Waals surface area contributed by atoms with Crippen LogP contribution < -0.4 is 5.32 Å². The number of carbonyl (C=O) groups is 1. The highest BCUT2D eigenvalue weighted by Gasteiger charge is 2.13. The number of hydrogen-bond acceptors (Lipinski definition) is 1. The predicted molar refractivity (Wildman–Crippen MR) is 82.6 cm³/mol. The van der Waals surface area contributed by atoms with E-state index in [-0.39, 0.29) is 24.2 Å². The van der Waals surface area contributed by atoms with Crippen LogP contribution in [0, 0.1) is 19.7 Å². The maximum Gasteiger partial charge on any atom is 0.225 e. The highest BCUT2D eigenvalue weighted by Crippen LogP contribution is 2.18. The second kappa shape index (κ2) is 6.53. The van der Waals surface area contributed by atoms with Gasteiger partial charge in [-0.1, -0.05) is 42.0 Å². The van der Waals surface area contributed by atoms with Crippen LogP contribution in [0.3, 0.4) is 0 Å². The molecule has 0 heterocycles. The van der Waals surface area contributed by atoms with E-state index in [4.69, 9.17) is 0 Å². The van der Waals surface area contributed by atoms with Crippen molar-refractivity contribution in [3.8, 4) is 0 Å². The van der Waals surface area contributed by atoms with E-state index in [9.17, 15) is 9.18 Å². The Bertz CT molecular complexity index is 651. The summed E-state index contributed by atoms with van der Waals surface area (Å²) in [6.45, 7) is 6.01. The summed E-state index contributed by atoms with van der Waals surface area (Å²) in [6, 6.07) is 12.4. The standard InChI is InChI=1S/C18H20FNO/c1-12-8-9-16(13(2)10-12)14(3)20-18(21)11-15-6-4-5-7-17(15)19/h4-10,14H,11H2,1-3H3,(H,20,21)/t14-/m1/s1. The molecule has 0 radical (unpaired) electrons. The average Bonchev–Trinajstić information content (AvgIpc) is 2.41. The van der Waals surface area contributed by atoms with E-state index < -0.39 is 0 Å². The van der Waals surface area contributed by atoms with Crippen LogP contribution in [-0.4, -0.2) is 5.91 Å². The molecule has 0 saturated heterocycles. The third kappa shape index (κ3) is 3.91. The molecule has 21 heavy (non-hydrogen) atoms. The number of carbonyl (C=O) groups excluding carboxylic acids is 1. The summed E-state index contributed by atoms with van der Waals surface area (Å²) in [7, 11) is 0. The number of hydrogen-bond donors (Lipinski definition) is 1. The zero-order chi connectivity index (χ0) is 15.4. The third-order valence-corrected chi connectivity index (χ3v) is 3.58. The molecule has 3 heteroatoms. The van der Waals surface area contributed by atoms with Gasteiger partial charge in [-0.2, -0.15) is 0 Å². The van der Waals surface area contributed by atoms with Gasteiger partial charge in [-0.15, -0.1) is 0 Å². The van der Waals surface area contributed by atoms with Crippen molar-refractivity contribution in [2.75, 3.05) is 0 Å². The van der Waals surface area contributed by atoms with Crippen molar-refractivity contribution in [1.29, 1.82) is 0 Å². The molecule has 0 aliphatic heterocycles. The van der Waals surface area contributed by atoms with Gasteiger partial charge in [-0.05, 0) is 43.5 Å². The predicted octanol–water partition coefficient (Wildman–Crippen LogP) is 3.86. The zero-order valence-corrected chi connectivity index (χ0v) is 12.6. The summed E-state index contributed by atoms with van der Waals surface area (Å²) in [5.74, 6) is -0.514. The van der Waals surface area contributed by atoms with E-state index >= 15 is 0 Å². The normalized spacial score (nSPS) is 12.0. The molecule has 2 aromatic carbocycles. The van der Waals surface area contributed by atoms with Crippen LogP contribution in [-0.2, 0) is 11.2 Å². The second-order valence-electron chi connectivity index (χ2n) is 5.42. The van der Waals surface area contributed by atoms with Crippen LogP contribution in [0.1, 0.15) is 35.2 Å². The summed E-state index contributed by atoms with van der Waals surface area (Å²) in [4.78, 5) is 12.0. The third-order valence-electron chi connectivity index (χ3n) is 3.58. The van der Waals surface area contributed by atoms with Crippen LogP contribution in [0.2, 0.25) is 0 Å². The summed E-state index contributed by atoms with van der Waals surface area (Å²) < 4.78 is 13.5. The fourth-order valence-corrected chi connectivity index (χ4v) is 2.50. The molecule has 2 rings (SSSR count). The minimum Gasteiger partial charge on any atom is -0.349 e. The fourth-order valence-electron chi connectivity index (χ4n) is 2.50. The van der Waals surface area contributed by atoms with Crippen LogP contribution in [0.5, 0.6) is 0 Å². The van der Waals surface area contributed by atoms with Crippen molar-refractivity contribution in [2.24, 2.45) is 0 Å². The lowest BCUT2D eigenvalue weighted by Crippen LogP contribution is -2.28. The van der Waals surface area contributed by atoms with Crippen LogP contribution >= 0.6 is 0 Å². The van der Waals surface area contributed by atoms with E-state index in [2.05, 4.69) is 11.4 Å². The van der Waals surface area contributed by atoms with Crippen LogP contribution in [0.4, 0.5) is 4.39 Å². The zero-order valence-electron chi connectivity index (χ0n) is 12.6. The highest BCUT2D eigenvalue weighted by molar-refractivity contribution is 5.79. The SMILES string of the molecule is Cc1ccc([C@@H](C)NC(=O)Cc2ccccc2F)c(C)c1. The van der Waals surface area contributed by atoms with Gasteiger partial charge in [-0.25, -0.2) is 4.39 Å². The number of rotatable bonds is 4. The number of halogens is 1. The van der Waals surface area contributed by atoms with E-state index in [0.29, 0.717) is 5.56 Å². The highest BCUT2D eigenvalue weighted by atomic mass is 19.1. The molecule has 0 fully saturated rings. The quantitative estimate of drug-likeness (QED) is 0.908. The topological polar surface area (TPSA) is 29.1 Å². The Kier molecular flexibility index (Phi) is 4.73. The Morgan fingerprint density at radius 1 is 1.19 bits per heavy atom. The first-order valence-electron chi connectivity index (χ1n) is 7.07. The second-order valence-corrected chi connectivity index (χ2v) is 5.42. The molecule has 0 bridgehead atoms. The lowest BCUT2D eigenvalue weighted by molar-refractivity contribution is -0.121. The number of aryl methyl sites for hydroxylation is 2. The summed E-state index contributed by atoms with van der Waals surface area (Å²) in [5, 5.41) is 2.93. The maximum absolute atomic E-state index is 13.5. The first-order chi connectivity index (χ1) is 9.97. The Balaban J connectivity index is 2.04. The largest absolute Gasteiger partial charge is 0.349 e. The molecule has 0 aliphatic rings. The van der Waals surface area contributed by atoms with Crippen molar-refractivity contribution in [3.05, 3.63) is 70.5 Å². The van der Waals surface area contributed by atoms with E-state index in [1.165, 1.54) is 11.6 Å². The molecule has 0 aliphatic carbocycles. The van der Waals surface area contributed by atoms with Gasteiger partial charge in [0.2, 0.25) is 5.91 Å². The number of benzene rings is 2. The smallest absolute Gasteiger partial charge is 0.225 e. The molecule has 1 amide bonds. The number of nitrogens with one attached hydrogen (secondary N) is 1. The summed E-state index contributed by atoms with van der Waals surface area (Å²) in [5.41, 5.74) is 3.85. The Hall–Kier alpha value is -2.16. The molecule has 0 unspecified atom stereocenters. The van der Waals surface area contributed by atoms with Crippen molar-refractivity contribution in [2.45, 2.75) is 33.2 Å². The lowest BCUT2D eigenvalue weighted by atomic mass is 10.00. The maximum atomic E-state index is 13.5. The Morgan fingerprint density at radius 2 is 1.90 bits per heavy atom. The molecular weight excluding hydrogens is 265 g/mol. The molecule has 0 spiro atoms. The summed E-state index contributed by atoms with van der Waals surface area (Å²) >= 11 is 0. The van der Waals surface area contributed by atoms with Crippen molar-refractivity contribution >= 4 is 5.91 Å². The van der Waals surface area contributed by atoms with Crippen LogP contribution in [0.25, 0.3) is 0 Å². The van der Waals surface area contributed by atoms with Gasteiger partial charge in [0.25, 0.3) is 0 Å². The fraction of sp³-hybridized carbons (Fsp3) is 0.278. The van der Waals surface area contributed by atoms with E-state index in [1.807, 2.05) is 32.9 Å². The van der Waals surface area contributed by atoms with Gasteiger partial charge >= 0.3 is 0 Å². The van der Waals surface area contributed by atoms with Gasteiger partial charge < -0.3 is 5.32 Å². The van der Waals surface area contributed by atoms with Gasteiger partial charge in [0.1, 0.15) is 5.82 Å². The molecule has 0 saturated carbocycles. The minimum absolute atomic E-state index is 0.0575. The van der Waals surface area contributed by atoms with Crippen LogP contribution in [0.15, 0.2) is 42.5 Å². The monoisotopic (exact) mass is 285 g/mol. The van der Waals surface area contributed by atoms with Crippen molar-refractivity contribution < 1.29 is 9.18 Å². The van der Waals surface area contributed by atoms with E-state index in [1.54, 1.807) is 18.2 Å². The van der Waals surface area contributed by atoms with Crippen molar-refractivity contribution in [3.63, 3.8) is 0 Å². The lowest BCUT2D eigenvalue weighted by Gasteiger charge is -2.17. The number of amides is 1. The van der Waals surface area contributed by atoms with Gasteiger partial charge in [0.15, 0.2) is 0 Å². The molecule has 110 valence electrons. The molecule has 2 nitrogen and oxygen atoms in total. The minimum atomic E-state index is -0.341. The average molecular weight is 285 g/mol. The van der Waals surface area contributed by atoms with Gasteiger partial charge in [0, 0.05) is 0 Å². The molecule has 2 aromatic rings. The summed E-state index contributed by atoms with van der Waals surface area (Å²) in [6.07, 6.45) is 0.0575. The van der Waals surface area contributed by atoms with E-state index in [0.717, 1.165) is 11.1 Å². The molecule has 0 aromatic heterocycles. The van der Waals surface area contributed by atoms with Crippen molar-refractivity contribution in [1.82, 2.24) is 5.32 Å². The molecule has 1 atom stereocenters. The first-order valence-corrected chi connectivity index (χ1v) is 7.07. The Morgan fingerprint density at radius 3 is 2.57 bits per heavy atom. The molecule has 1 N–H and O–H groups in total. The molecular formula is C18H20FNO. The Labute approximate surface area is 125 Å². The first kappa shape index (κ1) is 15.2. The van der Waals surface area contributed by atoms with Gasteiger partial charge in [0.05, 0.1) is 12.5 Å².